The van der Waals surface area contributed by atoms with E-state index in [4.69, 9.17) is 0 Å². The molecule has 1 aromatic carbocycles. The molecular formula is C17H27N3O3S. The largest absolute Gasteiger partial charge is 0.336 e. The van der Waals surface area contributed by atoms with E-state index < -0.39 is 10.0 Å². The fraction of sp³-hybridized carbons (Fsp3) is 0.588. The van der Waals surface area contributed by atoms with E-state index in [2.05, 4.69) is 16.5 Å². The van der Waals surface area contributed by atoms with Gasteiger partial charge in [0.2, 0.25) is 10.0 Å². The number of carbonyl (C=O) groups excluding carboxylic acids is 1. The maximum absolute atomic E-state index is 12.6. The number of piperazine rings is 1. The molecule has 1 aliphatic heterocycles. The van der Waals surface area contributed by atoms with E-state index in [1.165, 1.54) is 12.1 Å². The third kappa shape index (κ3) is 4.55. The molecule has 2 rings (SSSR count). The predicted octanol–water partition coefficient (Wildman–Crippen LogP) is 1.54. The maximum atomic E-state index is 12.6. The molecular weight excluding hydrogens is 326 g/mol. The van der Waals surface area contributed by atoms with Crippen LogP contribution in [0.2, 0.25) is 0 Å². The number of likely N-dealkylation sites (N-methyl/N-ethyl adjacent to an activating group) is 1. The standard InChI is InChI=1S/C17H27N3O3S/c1-4-14(3)18-24(22,23)16-8-6-7-15(13-16)17(21)20-11-9-19(5-2)10-12-20/h6-8,13-14,18H,4-5,9-12H2,1-3H3. The molecule has 7 heteroatoms. The van der Waals surface area contributed by atoms with Crippen LogP contribution in [0.15, 0.2) is 29.2 Å². The van der Waals surface area contributed by atoms with Crippen LogP contribution in [-0.4, -0.2) is 62.9 Å². The third-order valence-electron chi connectivity index (χ3n) is 4.47. The van der Waals surface area contributed by atoms with E-state index in [1.54, 1.807) is 17.0 Å². The zero-order valence-corrected chi connectivity index (χ0v) is 15.5. The second-order valence-electron chi connectivity index (χ2n) is 6.18. The van der Waals surface area contributed by atoms with Crippen LogP contribution in [0.4, 0.5) is 0 Å². The molecule has 0 aliphatic carbocycles. The molecule has 0 saturated carbocycles. The number of hydrogen-bond acceptors (Lipinski definition) is 4. The van der Waals surface area contributed by atoms with Crippen molar-refractivity contribution < 1.29 is 13.2 Å². The van der Waals surface area contributed by atoms with Gasteiger partial charge < -0.3 is 9.80 Å². The first kappa shape index (κ1) is 18.9. The average Bonchev–Trinajstić information content (AvgIpc) is 2.60. The molecule has 6 nitrogen and oxygen atoms in total. The zero-order valence-electron chi connectivity index (χ0n) is 14.7. The van der Waals surface area contributed by atoms with Crippen molar-refractivity contribution in [2.24, 2.45) is 0 Å². The van der Waals surface area contributed by atoms with Crippen molar-refractivity contribution in [2.75, 3.05) is 32.7 Å². The molecule has 1 fully saturated rings. The number of amides is 1. The number of sulfonamides is 1. The Balaban J connectivity index is 2.14. The molecule has 1 aliphatic rings. The summed E-state index contributed by atoms with van der Waals surface area (Å²) in [5.41, 5.74) is 0.423. The van der Waals surface area contributed by atoms with E-state index in [-0.39, 0.29) is 16.8 Å². The maximum Gasteiger partial charge on any atom is 0.253 e. The Hall–Kier alpha value is -1.44. The summed E-state index contributed by atoms with van der Waals surface area (Å²) in [6, 6.07) is 6.16. The van der Waals surface area contributed by atoms with Gasteiger partial charge in [0.25, 0.3) is 5.91 Å². The lowest BCUT2D eigenvalue weighted by Crippen LogP contribution is -2.48. The van der Waals surface area contributed by atoms with Crippen molar-refractivity contribution in [1.82, 2.24) is 14.5 Å². The lowest BCUT2D eigenvalue weighted by molar-refractivity contribution is 0.0643. The van der Waals surface area contributed by atoms with Crippen molar-refractivity contribution in [1.29, 1.82) is 0 Å². The second kappa shape index (κ2) is 8.09. The van der Waals surface area contributed by atoms with Crippen molar-refractivity contribution >= 4 is 15.9 Å². The molecule has 0 radical (unpaired) electrons. The van der Waals surface area contributed by atoms with Gasteiger partial charge in [0.1, 0.15) is 0 Å². The van der Waals surface area contributed by atoms with Gasteiger partial charge in [-0.15, -0.1) is 0 Å². The first-order valence-corrected chi connectivity index (χ1v) is 9.99. The van der Waals surface area contributed by atoms with Gasteiger partial charge in [-0.05, 0) is 38.1 Å². The highest BCUT2D eigenvalue weighted by molar-refractivity contribution is 7.89. The van der Waals surface area contributed by atoms with Crippen LogP contribution in [0.25, 0.3) is 0 Å². The molecule has 1 amide bonds. The van der Waals surface area contributed by atoms with Crippen LogP contribution >= 0.6 is 0 Å². The monoisotopic (exact) mass is 353 g/mol. The predicted molar refractivity (Wildman–Crippen MR) is 94.5 cm³/mol. The van der Waals surface area contributed by atoms with Crippen LogP contribution in [0, 0.1) is 0 Å². The number of nitrogens with zero attached hydrogens (tertiary/aromatic N) is 2. The van der Waals surface area contributed by atoms with Gasteiger partial charge in [-0.1, -0.05) is 19.9 Å². The normalized spacial score (nSPS) is 17.7. The van der Waals surface area contributed by atoms with Gasteiger partial charge in [0.05, 0.1) is 4.90 Å². The van der Waals surface area contributed by atoms with E-state index in [0.29, 0.717) is 25.1 Å². The van der Waals surface area contributed by atoms with Gasteiger partial charge in [-0.2, -0.15) is 0 Å². The Morgan fingerprint density at radius 3 is 2.46 bits per heavy atom. The Morgan fingerprint density at radius 1 is 1.21 bits per heavy atom. The molecule has 1 N–H and O–H groups in total. The SMILES string of the molecule is CCC(C)NS(=O)(=O)c1cccc(C(=O)N2CCN(CC)CC2)c1. The Labute approximate surface area is 144 Å². The molecule has 1 heterocycles. The molecule has 1 saturated heterocycles. The highest BCUT2D eigenvalue weighted by atomic mass is 32.2. The van der Waals surface area contributed by atoms with Crippen molar-refractivity contribution in [3.8, 4) is 0 Å². The summed E-state index contributed by atoms with van der Waals surface area (Å²) in [7, 11) is -3.60. The summed E-state index contributed by atoms with van der Waals surface area (Å²) in [6.07, 6.45) is 0.708. The van der Waals surface area contributed by atoms with Gasteiger partial charge >= 0.3 is 0 Å². The minimum Gasteiger partial charge on any atom is -0.336 e. The quantitative estimate of drug-likeness (QED) is 0.842. The van der Waals surface area contributed by atoms with Crippen LogP contribution < -0.4 is 4.72 Å². The van der Waals surface area contributed by atoms with Crippen molar-refractivity contribution in [3.63, 3.8) is 0 Å². The Kier molecular flexibility index (Phi) is 6.37. The lowest BCUT2D eigenvalue weighted by Gasteiger charge is -2.34. The molecule has 1 atom stereocenters. The smallest absolute Gasteiger partial charge is 0.253 e. The Bertz CT molecular complexity index is 667. The minimum absolute atomic E-state index is 0.105. The first-order chi connectivity index (χ1) is 11.4. The number of benzene rings is 1. The molecule has 1 aromatic rings. The van der Waals surface area contributed by atoms with Crippen molar-refractivity contribution in [3.05, 3.63) is 29.8 Å². The summed E-state index contributed by atoms with van der Waals surface area (Å²) in [5.74, 6) is -0.105. The van der Waals surface area contributed by atoms with Crippen LogP contribution in [0.1, 0.15) is 37.6 Å². The van der Waals surface area contributed by atoms with Gasteiger partial charge in [0, 0.05) is 37.8 Å². The summed E-state index contributed by atoms with van der Waals surface area (Å²) < 4.78 is 27.4. The number of nitrogens with one attached hydrogen (secondary N) is 1. The second-order valence-corrected chi connectivity index (χ2v) is 7.90. The zero-order chi connectivity index (χ0) is 17.7. The van der Waals surface area contributed by atoms with E-state index >= 15 is 0 Å². The van der Waals surface area contributed by atoms with Gasteiger partial charge in [-0.3, -0.25) is 4.79 Å². The van der Waals surface area contributed by atoms with Gasteiger partial charge in [0.15, 0.2) is 0 Å². The molecule has 0 aromatic heterocycles. The minimum atomic E-state index is -3.60. The summed E-state index contributed by atoms with van der Waals surface area (Å²) in [4.78, 5) is 16.9. The highest BCUT2D eigenvalue weighted by Crippen LogP contribution is 2.15. The first-order valence-electron chi connectivity index (χ1n) is 8.51. The molecule has 134 valence electrons. The number of hydrogen-bond donors (Lipinski definition) is 1. The summed E-state index contributed by atoms with van der Waals surface area (Å²) in [5, 5.41) is 0. The van der Waals surface area contributed by atoms with Crippen LogP contribution in [0.3, 0.4) is 0 Å². The summed E-state index contributed by atoms with van der Waals surface area (Å²) in [6.45, 7) is 9.89. The fourth-order valence-corrected chi connectivity index (χ4v) is 4.03. The fourth-order valence-electron chi connectivity index (χ4n) is 2.66. The third-order valence-corrected chi connectivity index (χ3v) is 6.05. The molecule has 1 unspecified atom stereocenters. The topological polar surface area (TPSA) is 69.7 Å². The molecule has 24 heavy (non-hydrogen) atoms. The highest BCUT2D eigenvalue weighted by Gasteiger charge is 2.23. The Morgan fingerprint density at radius 2 is 1.88 bits per heavy atom. The molecule has 0 bridgehead atoms. The van der Waals surface area contributed by atoms with E-state index in [0.717, 1.165) is 19.6 Å². The summed E-state index contributed by atoms with van der Waals surface area (Å²) >= 11 is 0. The van der Waals surface area contributed by atoms with Crippen LogP contribution in [-0.2, 0) is 10.0 Å². The van der Waals surface area contributed by atoms with Crippen LogP contribution in [0.5, 0.6) is 0 Å². The van der Waals surface area contributed by atoms with Gasteiger partial charge in [-0.25, -0.2) is 13.1 Å². The van der Waals surface area contributed by atoms with Crippen molar-refractivity contribution in [2.45, 2.75) is 38.1 Å². The number of rotatable bonds is 6. The van der Waals surface area contributed by atoms with E-state index in [9.17, 15) is 13.2 Å². The number of carbonyl (C=O) groups is 1. The van der Waals surface area contributed by atoms with E-state index in [1.807, 2.05) is 13.8 Å². The molecule has 0 spiro atoms. The lowest BCUT2D eigenvalue weighted by atomic mass is 10.2. The average molecular weight is 353 g/mol.